The monoisotopic (exact) mass is 370 g/mol. The fourth-order valence-electron chi connectivity index (χ4n) is 3.23. The van der Waals surface area contributed by atoms with E-state index in [2.05, 4.69) is 17.2 Å². The molecular weight excluding hydrogens is 348 g/mol. The fourth-order valence-corrected chi connectivity index (χ4v) is 3.23. The average molecular weight is 370 g/mol. The van der Waals surface area contributed by atoms with Gasteiger partial charge < -0.3 is 14.4 Å². The number of rotatable bonds is 5. The zero-order valence-corrected chi connectivity index (χ0v) is 15.4. The lowest BCUT2D eigenvalue weighted by Gasteiger charge is -2.29. The van der Waals surface area contributed by atoms with E-state index in [1.807, 2.05) is 19.9 Å². The Hall–Kier alpha value is -2.69. The molecule has 1 aromatic rings. The number of fused-ring (bicyclic) bond motifs is 1. The van der Waals surface area contributed by atoms with Crippen molar-refractivity contribution in [1.82, 2.24) is 10.2 Å². The Kier molecular flexibility index (Phi) is 5.89. The summed E-state index contributed by atoms with van der Waals surface area (Å²) in [6.07, 6.45) is 0.000153. The van der Waals surface area contributed by atoms with Crippen molar-refractivity contribution in [3.05, 3.63) is 34.9 Å². The SMILES string of the molecule is CCOC(C#Cc1ccc2c(c1)CN(C1CCC(=O)NC1=O)C2=O)OCC. The number of amides is 3. The van der Waals surface area contributed by atoms with E-state index in [9.17, 15) is 14.4 Å². The fraction of sp³-hybridized carbons (Fsp3) is 0.450. The Labute approximate surface area is 158 Å². The summed E-state index contributed by atoms with van der Waals surface area (Å²) in [5.74, 6) is 5.04. The lowest BCUT2D eigenvalue weighted by atomic mass is 10.0. The maximum Gasteiger partial charge on any atom is 0.255 e. The summed E-state index contributed by atoms with van der Waals surface area (Å²) in [7, 11) is 0. The Morgan fingerprint density at radius 3 is 2.63 bits per heavy atom. The minimum absolute atomic E-state index is 0.194. The number of piperidine rings is 1. The molecule has 0 radical (unpaired) electrons. The van der Waals surface area contributed by atoms with Crippen LogP contribution >= 0.6 is 0 Å². The van der Waals surface area contributed by atoms with Crippen LogP contribution in [0.15, 0.2) is 18.2 Å². The molecule has 1 unspecified atom stereocenters. The van der Waals surface area contributed by atoms with Gasteiger partial charge in [-0.05, 0) is 50.0 Å². The van der Waals surface area contributed by atoms with E-state index in [0.717, 1.165) is 11.1 Å². The van der Waals surface area contributed by atoms with Gasteiger partial charge in [-0.2, -0.15) is 0 Å². The van der Waals surface area contributed by atoms with Gasteiger partial charge in [0.2, 0.25) is 18.1 Å². The van der Waals surface area contributed by atoms with E-state index in [-0.39, 0.29) is 18.2 Å². The van der Waals surface area contributed by atoms with E-state index in [1.54, 1.807) is 12.1 Å². The summed E-state index contributed by atoms with van der Waals surface area (Å²) in [5, 5.41) is 2.30. The Morgan fingerprint density at radius 2 is 1.96 bits per heavy atom. The summed E-state index contributed by atoms with van der Waals surface area (Å²) in [5.41, 5.74) is 2.13. The molecule has 0 bridgehead atoms. The number of hydrogen-bond acceptors (Lipinski definition) is 5. The van der Waals surface area contributed by atoms with Gasteiger partial charge in [-0.1, -0.05) is 5.92 Å². The van der Waals surface area contributed by atoms with Crippen LogP contribution in [0.2, 0.25) is 0 Å². The third-order valence-corrected chi connectivity index (χ3v) is 4.49. The number of imide groups is 1. The standard InChI is InChI=1S/C20H22N2O5/c1-3-26-18(27-4-2)10-6-13-5-7-15-14(11-13)12-22(20(15)25)16-8-9-17(23)21-19(16)24/h5,7,11,16,18H,3-4,8-9,12H2,1-2H3,(H,21,23,24). The number of benzene rings is 1. The third kappa shape index (κ3) is 4.18. The topological polar surface area (TPSA) is 84.9 Å². The van der Waals surface area contributed by atoms with Gasteiger partial charge in [-0.25, -0.2) is 0 Å². The molecule has 27 heavy (non-hydrogen) atoms. The number of hydrogen-bond donors (Lipinski definition) is 1. The van der Waals surface area contributed by atoms with Gasteiger partial charge in [0.15, 0.2) is 0 Å². The largest absolute Gasteiger partial charge is 0.342 e. The molecule has 7 nitrogen and oxygen atoms in total. The van der Waals surface area contributed by atoms with Crippen molar-refractivity contribution in [3.63, 3.8) is 0 Å². The molecule has 7 heteroatoms. The molecule has 2 heterocycles. The first kappa shape index (κ1) is 19.1. The van der Waals surface area contributed by atoms with Crippen molar-refractivity contribution in [1.29, 1.82) is 0 Å². The summed E-state index contributed by atoms with van der Waals surface area (Å²) >= 11 is 0. The van der Waals surface area contributed by atoms with Crippen LogP contribution in [-0.2, 0) is 25.6 Å². The first-order valence-corrected chi connectivity index (χ1v) is 9.05. The molecule has 3 amide bonds. The second kappa shape index (κ2) is 8.33. The molecule has 0 saturated carbocycles. The molecule has 3 rings (SSSR count). The lowest BCUT2D eigenvalue weighted by Crippen LogP contribution is -2.52. The van der Waals surface area contributed by atoms with Gasteiger partial charge in [-0.15, -0.1) is 0 Å². The van der Waals surface area contributed by atoms with E-state index < -0.39 is 18.2 Å². The molecule has 0 aliphatic carbocycles. The van der Waals surface area contributed by atoms with Gasteiger partial charge in [0, 0.05) is 37.3 Å². The van der Waals surface area contributed by atoms with Crippen LogP contribution in [0.5, 0.6) is 0 Å². The van der Waals surface area contributed by atoms with E-state index >= 15 is 0 Å². The van der Waals surface area contributed by atoms with Crippen LogP contribution in [0.25, 0.3) is 0 Å². The van der Waals surface area contributed by atoms with Gasteiger partial charge in [0.1, 0.15) is 6.04 Å². The van der Waals surface area contributed by atoms with Crippen LogP contribution in [0.1, 0.15) is 48.2 Å². The highest BCUT2D eigenvalue weighted by Gasteiger charge is 2.38. The van der Waals surface area contributed by atoms with Crippen molar-refractivity contribution >= 4 is 17.7 Å². The summed E-state index contributed by atoms with van der Waals surface area (Å²) < 4.78 is 10.8. The molecule has 1 aromatic carbocycles. The minimum atomic E-state index is -0.613. The van der Waals surface area contributed by atoms with Crippen LogP contribution < -0.4 is 5.32 Å². The normalized spacial score (nSPS) is 19.0. The Balaban J connectivity index is 1.76. The molecule has 2 aliphatic heterocycles. The van der Waals surface area contributed by atoms with Crippen molar-refractivity contribution in [2.24, 2.45) is 0 Å². The molecular formula is C20H22N2O5. The zero-order chi connectivity index (χ0) is 19.4. The Bertz CT molecular complexity index is 817. The number of nitrogens with zero attached hydrogens (tertiary/aromatic N) is 1. The highest BCUT2D eigenvalue weighted by Crippen LogP contribution is 2.28. The van der Waals surface area contributed by atoms with Crippen LogP contribution in [0, 0.1) is 11.8 Å². The molecule has 1 atom stereocenters. The average Bonchev–Trinajstić information content (AvgIpc) is 2.96. The number of carbonyl (C=O) groups is 3. The molecule has 1 N–H and O–H groups in total. The van der Waals surface area contributed by atoms with Crippen molar-refractivity contribution < 1.29 is 23.9 Å². The van der Waals surface area contributed by atoms with E-state index in [1.165, 1.54) is 4.90 Å². The number of carbonyl (C=O) groups excluding carboxylic acids is 3. The van der Waals surface area contributed by atoms with E-state index in [0.29, 0.717) is 31.7 Å². The van der Waals surface area contributed by atoms with Gasteiger partial charge in [0.25, 0.3) is 5.91 Å². The lowest BCUT2D eigenvalue weighted by molar-refractivity contribution is -0.136. The minimum Gasteiger partial charge on any atom is -0.342 e. The van der Waals surface area contributed by atoms with Crippen LogP contribution in [0.4, 0.5) is 0 Å². The van der Waals surface area contributed by atoms with Crippen LogP contribution in [-0.4, -0.2) is 48.2 Å². The van der Waals surface area contributed by atoms with Crippen LogP contribution in [0.3, 0.4) is 0 Å². The van der Waals surface area contributed by atoms with Gasteiger partial charge in [-0.3, -0.25) is 19.7 Å². The highest BCUT2D eigenvalue weighted by atomic mass is 16.7. The first-order valence-electron chi connectivity index (χ1n) is 9.05. The quantitative estimate of drug-likeness (QED) is 0.478. The smallest absolute Gasteiger partial charge is 0.255 e. The second-order valence-electron chi connectivity index (χ2n) is 6.28. The molecule has 1 fully saturated rings. The molecule has 0 aromatic heterocycles. The predicted octanol–water partition coefficient (Wildman–Crippen LogP) is 1.20. The van der Waals surface area contributed by atoms with Gasteiger partial charge >= 0.3 is 0 Å². The maximum absolute atomic E-state index is 12.7. The summed E-state index contributed by atoms with van der Waals surface area (Å²) in [6.45, 7) is 5.07. The zero-order valence-electron chi connectivity index (χ0n) is 15.4. The summed E-state index contributed by atoms with van der Waals surface area (Å²) in [6, 6.07) is 4.73. The third-order valence-electron chi connectivity index (χ3n) is 4.49. The molecule has 0 spiro atoms. The van der Waals surface area contributed by atoms with Crippen molar-refractivity contribution in [2.45, 2.75) is 45.6 Å². The number of ether oxygens (including phenoxy) is 2. The molecule has 142 valence electrons. The summed E-state index contributed by atoms with van der Waals surface area (Å²) in [4.78, 5) is 37.6. The number of nitrogens with one attached hydrogen (secondary N) is 1. The van der Waals surface area contributed by atoms with Gasteiger partial charge in [0.05, 0.1) is 0 Å². The van der Waals surface area contributed by atoms with Crippen molar-refractivity contribution in [3.8, 4) is 11.8 Å². The second-order valence-corrected chi connectivity index (χ2v) is 6.28. The first-order chi connectivity index (χ1) is 13.0. The molecule has 1 saturated heterocycles. The predicted molar refractivity (Wildman–Crippen MR) is 96.4 cm³/mol. The Morgan fingerprint density at radius 1 is 1.22 bits per heavy atom. The molecule has 2 aliphatic rings. The highest BCUT2D eigenvalue weighted by molar-refractivity contribution is 6.05. The van der Waals surface area contributed by atoms with E-state index in [4.69, 9.17) is 9.47 Å². The maximum atomic E-state index is 12.7. The van der Waals surface area contributed by atoms with Crippen molar-refractivity contribution in [2.75, 3.05) is 13.2 Å².